The molecule has 142 valence electrons. The number of carbonyl (C=O) groups is 1. The Kier molecular flexibility index (Phi) is 5.81. The number of hydrogen-bond donors (Lipinski definition) is 1. The van der Waals surface area contributed by atoms with Crippen molar-refractivity contribution in [1.82, 2.24) is 0 Å². The normalized spacial score (nSPS) is 10.2. The maximum Gasteiger partial charge on any atom is 0.311 e. The number of para-hydroxylation sites is 3. The van der Waals surface area contributed by atoms with Gasteiger partial charge in [0.05, 0.1) is 10.6 Å². The lowest BCUT2D eigenvalue weighted by Gasteiger charge is -2.12. The number of nitro benzene ring substituents is 1. The van der Waals surface area contributed by atoms with Gasteiger partial charge < -0.3 is 14.8 Å². The monoisotopic (exact) mass is 382 g/mol. The van der Waals surface area contributed by atoms with Gasteiger partial charge in [-0.2, -0.15) is 0 Å². The van der Waals surface area contributed by atoms with Gasteiger partial charge in [0, 0.05) is 12.1 Å². The number of nitrogens with one attached hydrogen (secondary N) is 1. The third kappa shape index (κ3) is 4.82. The molecule has 7 nitrogen and oxygen atoms in total. The van der Waals surface area contributed by atoms with E-state index in [4.69, 9.17) is 9.47 Å². The van der Waals surface area contributed by atoms with E-state index in [0.29, 0.717) is 17.2 Å². The van der Waals surface area contributed by atoms with Gasteiger partial charge in [-0.1, -0.05) is 30.3 Å². The number of hydrogen-bond acceptors (Lipinski definition) is 5. The lowest BCUT2D eigenvalue weighted by molar-refractivity contribution is -0.385. The SMILES string of the molecule is O=C(COc1cc(F)ccc1[N+](=O)[O-])Nc1ccccc1Oc1ccccc1. The Bertz CT molecular complexity index is 995. The Morgan fingerprint density at radius 1 is 1.00 bits per heavy atom. The number of amides is 1. The molecule has 3 rings (SSSR count). The van der Waals surface area contributed by atoms with E-state index in [1.165, 1.54) is 0 Å². The van der Waals surface area contributed by atoms with Crippen LogP contribution in [0.3, 0.4) is 0 Å². The first-order chi connectivity index (χ1) is 13.5. The number of halogens is 1. The van der Waals surface area contributed by atoms with Gasteiger partial charge in [-0.25, -0.2) is 4.39 Å². The average molecular weight is 382 g/mol. The van der Waals surface area contributed by atoms with Gasteiger partial charge in [0.2, 0.25) is 5.75 Å². The number of ether oxygens (including phenoxy) is 2. The molecule has 3 aromatic rings. The first-order valence-electron chi connectivity index (χ1n) is 8.21. The quantitative estimate of drug-likeness (QED) is 0.478. The fourth-order valence-corrected chi connectivity index (χ4v) is 2.36. The van der Waals surface area contributed by atoms with E-state index >= 15 is 0 Å². The van der Waals surface area contributed by atoms with Gasteiger partial charge in [-0.3, -0.25) is 14.9 Å². The van der Waals surface area contributed by atoms with E-state index in [2.05, 4.69) is 5.32 Å². The Morgan fingerprint density at radius 2 is 1.71 bits per heavy atom. The number of rotatable bonds is 7. The van der Waals surface area contributed by atoms with Gasteiger partial charge in [0.1, 0.15) is 11.6 Å². The van der Waals surface area contributed by atoms with E-state index in [9.17, 15) is 19.3 Å². The molecular weight excluding hydrogens is 367 g/mol. The lowest BCUT2D eigenvalue weighted by Crippen LogP contribution is -2.20. The predicted octanol–water partition coefficient (Wildman–Crippen LogP) is 4.54. The van der Waals surface area contributed by atoms with Crippen LogP contribution in [0.25, 0.3) is 0 Å². The third-order valence-corrected chi connectivity index (χ3v) is 3.61. The number of nitro groups is 1. The van der Waals surface area contributed by atoms with Crippen LogP contribution in [0.2, 0.25) is 0 Å². The molecule has 0 saturated heterocycles. The number of nitrogens with zero attached hydrogens (tertiary/aromatic N) is 1. The van der Waals surface area contributed by atoms with Crippen molar-refractivity contribution in [3.8, 4) is 17.2 Å². The molecule has 0 atom stereocenters. The zero-order valence-electron chi connectivity index (χ0n) is 14.5. The largest absolute Gasteiger partial charge is 0.477 e. The van der Waals surface area contributed by atoms with Crippen LogP contribution in [0.4, 0.5) is 15.8 Å². The highest BCUT2D eigenvalue weighted by atomic mass is 19.1. The van der Waals surface area contributed by atoms with Crippen LogP contribution in [-0.2, 0) is 4.79 Å². The minimum atomic E-state index is -0.713. The Hall–Kier alpha value is -3.94. The van der Waals surface area contributed by atoms with E-state index in [-0.39, 0.29) is 5.75 Å². The van der Waals surface area contributed by atoms with Gasteiger partial charge >= 0.3 is 5.69 Å². The van der Waals surface area contributed by atoms with Gasteiger partial charge in [-0.15, -0.1) is 0 Å². The summed E-state index contributed by atoms with van der Waals surface area (Å²) >= 11 is 0. The summed E-state index contributed by atoms with van der Waals surface area (Å²) in [5.74, 6) is -0.603. The third-order valence-electron chi connectivity index (χ3n) is 3.61. The maximum atomic E-state index is 13.3. The Balaban J connectivity index is 1.68. The molecule has 0 spiro atoms. The summed E-state index contributed by atoms with van der Waals surface area (Å²) in [6.45, 7) is -0.538. The molecule has 0 radical (unpaired) electrons. The zero-order valence-corrected chi connectivity index (χ0v) is 14.5. The molecule has 8 heteroatoms. The van der Waals surface area contributed by atoms with E-state index < -0.39 is 28.9 Å². The highest BCUT2D eigenvalue weighted by Crippen LogP contribution is 2.30. The molecule has 0 aromatic heterocycles. The molecule has 0 aliphatic rings. The van der Waals surface area contributed by atoms with Crippen LogP contribution in [0.15, 0.2) is 72.8 Å². The summed E-state index contributed by atoms with van der Waals surface area (Å²) in [7, 11) is 0. The molecule has 0 aliphatic carbocycles. The summed E-state index contributed by atoms with van der Waals surface area (Å²) < 4.78 is 24.2. The highest BCUT2D eigenvalue weighted by Gasteiger charge is 2.17. The van der Waals surface area contributed by atoms with Crippen molar-refractivity contribution in [3.05, 3.63) is 88.7 Å². The second kappa shape index (κ2) is 8.63. The molecule has 0 bridgehead atoms. The minimum absolute atomic E-state index is 0.325. The molecule has 1 N–H and O–H groups in total. The van der Waals surface area contributed by atoms with Crippen molar-refractivity contribution >= 4 is 17.3 Å². The molecule has 0 unspecified atom stereocenters. The molecule has 0 saturated carbocycles. The molecular formula is C20H15FN2O5. The first-order valence-corrected chi connectivity index (χ1v) is 8.21. The van der Waals surface area contributed by atoms with Crippen LogP contribution in [0.5, 0.6) is 17.2 Å². The standard InChI is InChI=1S/C20H15FN2O5/c21-14-10-11-17(23(25)26)19(12-14)27-13-20(24)22-16-8-4-5-9-18(16)28-15-6-2-1-3-7-15/h1-12H,13H2,(H,22,24). The lowest BCUT2D eigenvalue weighted by atomic mass is 10.2. The van der Waals surface area contributed by atoms with Gasteiger partial charge in [0.15, 0.2) is 12.4 Å². The number of carbonyl (C=O) groups excluding carboxylic acids is 1. The van der Waals surface area contributed by atoms with Crippen LogP contribution in [0, 0.1) is 15.9 Å². The Labute approximate surface area is 159 Å². The molecule has 0 heterocycles. The van der Waals surface area contributed by atoms with Crippen LogP contribution >= 0.6 is 0 Å². The van der Waals surface area contributed by atoms with E-state index in [0.717, 1.165) is 18.2 Å². The summed E-state index contributed by atoms with van der Waals surface area (Å²) in [6, 6.07) is 18.6. The molecule has 28 heavy (non-hydrogen) atoms. The first kappa shape index (κ1) is 18.8. The molecule has 0 fully saturated rings. The van der Waals surface area contributed by atoms with Crippen molar-refractivity contribution in [2.24, 2.45) is 0 Å². The summed E-state index contributed by atoms with van der Waals surface area (Å²) in [4.78, 5) is 22.5. The van der Waals surface area contributed by atoms with Crippen LogP contribution in [0.1, 0.15) is 0 Å². The maximum absolute atomic E-state index is 13.3. The van der Waals surface area contributed by atoms with Crippen molar-refractivity contribution in [3.63, 3.8) is 0 Å². The predicted molar refractivity (Wildman–Crippen MR) is 100 cm³/mol. The van der Waals surface area contributed by atoms with Crippen LogP contribution in [-0.4, -0.2) is 17.4 Å². The molecule has 3 aromatic carbocycles. The van der Waals surface area contributed by atoms with E-state index in [1.54, 1.807) is 36.4 Å². The Morgan fingerprint density at radius 3 is 2.46 bits per heavy atom. The highest BCUT2D eigenvalue weighted by molar-refractivity contribution is 5.93. The van der Waals surface area contributed by atoms with E-state index in [1.807, 2.05) is 18.2 Å². The summed E-state index contributed by atoms with van der Waals surface area (Å²) in [6.07, 6.45) is 0. The molecule has 0 aliphatic heterocycles. The van der Waals surface area contributed by atoms with Crippen molar-refractivity contribution < 1.29 is 23.6 Å². The van der Waals surface area contributed by atoms with Gasteiger partial charge in [-0.05, 0) is 30.3 Å². The zero-order chi connectivity index (χ0) is 19.9. The number of benzene rings is 3. The summed E-state index contributed by atoms with van der Waals surface area (Å²) in [5.41, 5.74) is -0.0318. The summed E-state index contributed by atoms with van der Waals surface area (Å²) in [5, 5.41) is 13.6. The fourth-order valence-electron chi connectivity index (χ4n) is 2.36. The smallest absolute Gasteiger partial charge is 0.311 e. The average Bonchev–Trinajstić information content (AvgIpc) is 2.68. The fraction of sp³-hybridized carbons (Fsp3) is 0.0500. The second-order valence-corrected chi connectivity index (χ2v) is 5.62. The minimum Gasteiger partial charge on any atom is -0.477 e. The topological polar surface area (TPSA) is 90.7 Å². The van der Waals surface area contributed by atoms with Crippen molar-refractivity contribution in [2.75, 3.05) is 11.9 Å². The van der Waals surface area contributed by atoms with Crippen molar-refractivity contribution in [2.45, 2.75) is 0 Å². The second-order valence-electron chi connectivity index (χ2n) is 5.62. The van der Waals surface area contributed by atoms with Crippen molar-refractivity contribution in [1.29, 1.82) is 0 Å². The van der Waals surface area contributed by atoms with Crippen LogP contribution < -0.4 is 14.8 Å². The number of anilines is 1. The molecule has 1 amide bonds. The van der Waals surface area contributed by atoms with Gasteiger partial charge in [0.25, 0.3) is 5.91 Å².